The second-order valence-corrected chi connectivity index (χ2v) is 9.99. The summed E-state index contributed by atoms with van der Waals surface area (Å²) in [7, 11) is 3.34. The second kappa shape index (κ2) is 8.71. The molecule has 4 aliphatic rings. The van der Waals surface area contributed by atoms with Crippen molar-refractivity contribution in [2.75, 3.05) is 20.8 Å². The van der Waals surface area contributed by atoms with Gasteiger partial charge >= 0.3 is 0 Å². The highest BCUT2D eigenvalue weighted by molar-refractivity contribution is 7.80. The minimum atomic E-state index is 0.485. The van der Waals surface area contributed by atoms with E-state index in [2.05, 4.69) is 23.6 Å². The van der Waals surface area contributed by atoms with E-state index in [1.54, 1.807) is 14.2 Å². The fourth-order valence-corrected chi connectivity index (χ4v) is 7.10. The molecule has 1 aromatic rings. The third-order valence-corrected chi connectivity index (χ3v) is 7.95. The van der Waals surface area contributed by atoms with Gasteiger partial charge in [-0.1, -0.05) is 13.0 Å². The van der Waals surface area contributed by atoms with Gasteiger partial charge in [-0.25, -0.2) is 0 Å². The van der Waals surface area contributed by atoms with E-state index in [1.165, 1.54) is 44.1 Å². The molecule has 1 unspecified atom stereocenters. The van der Waals surface area contributed by atoms with Gasteiger partial charge in [-0.2, -0.15) is 0 Å². The van der Waals surface area contributed by atoms with Crippen LogP contribution in [0.1, 0.15) is 57.4 Å². The van der Waals surface area contributed by atoms with Crippen molar-refractivity contribution >= 4 is 17.3 Å². The van der Waals surface area contributed by atoms with Gasteiger partial charge in [0.1, 0.15) is 0 Å². The molecule has 4 nitrogen and oxygen atoms in total. The molecule has 2 N–H and O–H groups in total. The standard InChI is InChI=1S/C24H36N2O2S/c1-4-22(24-13-17-9-18(14-24)11-19(10-17)15-24)26-23(29)25-8-7-16-5-6-20(27-2)21(12-16)28-3/h5-6,12,17-19,22H,4,7-11,13-15H2,1-3H3,(H2,25,26,29). The van der Waals surface area contributed by atoms with E-state index >= 15 is 0 Å². The molecule has 5 heteroatoms. The minimum absolute atomic E-state index is 0.485. The zero-order valence-electron chi connectivity index (χ0n) is 18.1. The Morgan fingerprint density at radius 3 is 2.24 bits per heavy atom. The zero-order valence-corrected chi connectivity index (χ0v) is 18.9. The summed E-state index contributed by atoms with van der Waals surface area (Å²) in [6.07, 6.45) is 10.8. The van der Waals surface area contributed by atoms with Gasteiger partial charge in [0.25, 0.3) is 0 Å². The van der Waals surface area contributed by atoms with Crippen LogP contribution >= 0.6 is 12.2 Å². The lowest BCUT2D eigenvalue weighted by Crippen LogP contribution is -2.58. The van der Waals surface area contributed by atoms with Crippen molar-refractivity contribution in [3.05, 3.63) is 23.8 Å². The fourth-order valence-electron chi connectivity index (χ4n) is 6.86. The number of methoxy groups -OCH3 is 2. The highest BCUT2D eigenvalue weighted by Crippen LogP contribution is 2.61. The van der Waals surface area contributed by atoms with E-state index in [9.17, 15) is 0 Å². The van der Waals surface area contributed by atoms with Gasteiger partial charge in [-0.05, 0) is 104 Å². The van der Waals surface area contributed by atoms with Crippen LogP contribution in [0, 0.1) is 23.2 Å². The van der Waals surface area contributed by atoms with Crippen LogP contribution < -0.4 is 20.1 Å². The van der Waals surface area contributed by atoms with Crippen molar-refractivity contribution in [3.63, 3.8) is 0 Å². The van der Waals surface area contributed by atoms with Crippen LogP contribution in [0.2, 0.25) is 0 Å². The third-order valence-electron chi connectivity index (χ3n) is 7.69. The van der Waals surface area contributed by atoms with Crippen molar-refractivity contribution in [2.45, 2.75) is 64.3 Å². The maximum absolute atomic E-state index is 5.69. The first kappa shape index (κ1) is 20.8. The van der Waals surface area contributed by atoms with Crippen molar-refractivity contribution < 1.29 is 9.47 Å². The molecule has 4 saturated carbocycles. The van der Waals surface area contributed by atoms with Gasteiger partial charge in [-0.15, -0.1) is 0 Å². The Labute approximate surface area is 181 Å². The molecule has 160 valence electrons. The molecule has 4 fully saturated rings. The number of hydrogen-bond donors (Lipinski definition) is 2. The predicted octanol–water partition coefficient (Wildman–Crippen LogP) is 4.71. The lowest BCUT2D eigenvalue weighted by atomic mass is 9.47. The molecule has 0 radical (unpaired) electrons. The van der Waals surface area contributed by atoms with Gasteiger partial charge in [0.05, 0.1) is 14.2 Å². The van der Waals surface area contributed by atoms with E-state index in [0.717, 1.165) is 53.8 Å². The molecule has 0 spiro atoms. The monoisotopic (exact) mass is 416 g/mol. The first-order valence-electron chi connectivity index (χ1n) is 11.3. The van der Waals surface area contributed by atoms with E-state index in [0.29, 0.717) is 11.5 Å². The smallest absolute Gasteiger partial charge is 0.166 e. The van der Waals surface area contributed by atoms with E-state index in [4.69, 9.17) is 21.7 Å². The summed E-state index contributed by atoms with van der Waals surface area (Å²) < 4.78 is 10.7. The van der Waals surface area contributed by atoms with Crippen molar-refractivity contribution in [2.24, 2.45) is 23.2 Å². The van der Waals surface area contributed by atoms with Gasteiger partial charge < -0.3 is 20.1 Å². The summed E-state index contributed by atoms with van der Waals surface area (Å²) >= 11 is 5.69. The maximum atomic E-state index is 5.69. The topological polar surface area (TPSA) is 42.5 Å². The van der Waals surface area contributed by atoms with Crippen molar-refractivity contribution in [1.82, 2.24) is 10.6 Å². The molecular weight excluding hydrogens is 380 g/mol. The number of ether oxygens (including phenoxy) is 2. The van der Waals surface area contributed by atoms with Crippen LogP contribution in [-0.2, 0) is 6.42 Å². The van der Waals surface area contributed by atoms with Crippen LogP contribution in [0.3, 0.4) is 0 Å². The Morgan fingerprint density at radius 1 is 1.07 bits per heavy atom. The predicted molar refractivity (Wildman–Crippen MR) is 122 cm³/mol. The molecule has 0 amide bonds. The van der Waals surface area contributed by atoms with Crippen LogP contribution in [0.4, 0.5) is 0 Å². The molecular formula is C24H36N2O2S. The van der Waals surface area contributed by atoms with Crippen LogP contribution in [0.15, 0.2) is 18.2 Å². The van der Waals surface area contributed by atoms with Crippen LogP contribution in [-0.4, -0.2) is 31.9 Å². The first-order valence-corrected chi connectivity index (χ1v) is 11.7. The summed E-state index contributed by atoms with van der Waals surface area (Å²) in [6, 6.07) is 6.60. The average Bonchev–Trinajstić information content (AvgIpc) is 2.70. The summed E-state index contributed by atoms with van der Waals surface area (Å²) in [5.74, 6) is 4.47. The minimum Gasteiger partial charge on any atom is -0.493 e. The molecule has 0 aliphatic heterocycles. The Morgan fingerprint density at radius 2 is 1.69 bits per heavy atom. The van der Waals surface area contributed by atoms with Gasteiger partial charge in [-0.3, -0.25) is 0 Å². The normalized spacial score (nSPS) is 30.7. The molecule has 0 aromatic heterocycles. The molecule has 1 aromatic carbocycles. The summed E-state index contributed by atoms with van der Waals surface area (Å²) in [6.45, 7) is 3.14. The molecule has 0 heterocycles. The van der Waals surface area contributed by atoms with Gasteiger partial charge in [0.15, 0.2) is 16.6 Å². The maximum Gasteiger partial charge on any atom is 0.166 e. The number of thiocarbonyl (C=S) groups is 1. The lowest BCUT2D eigenvalue weighted by Gasteiger charge is -2.59. The fraction of sp³-hybridized carbons (Fsp3) is 0.708. The van der Waals surface area contributed by atoms with Crippen LogP contribution in [0.25, 0.3) is 0 Å². The van der Waals surface area contributed by atoms with Crippen molar-refractivity contribution in [3.8, 4) is 11.5 Å². The Kier molecular flexibility index (Phi) is 6.24. The number of benzene rings is 1. The largest absolute Gasteiger partial charge is 0.493 e. The quantitative estimate of drug-likeness (QED) is 0.601. The van der Waals surface area contributed by atoms with Crippen LogP contribution in [0.5, 0.6) is 11.5 Å². The highest BCUT2D eigenvalue weighted by atomic mass is 32.1. The SMILES string of the molecule is CCC(NC(=S)NCCc1ccc(OC)c(OC)c1)C12CC3CC(CC(C3)C1)C2. The summed E-state index contributed by atoms with van der Waals surface area (Å²) in [5, 5.41) is 7.98. The van der Waals surface area contributed by atoms with Crippen molar-refractivity contribution in [1.29, 1.82) is 0 Å². The van der Waals surface area contributed by atoms with Gasteiger partial charge in [0.2, 0.25) is 0 Å². The lowest BCUT2D eigenvalue weighted by molar-refractivity contribution is -0.0711. The molecule has 0 saturated heterocycles. The second-order valence-electron chi connectivity index (χ2n) is 9.58. The molecule has 4 bridgehead atoms. The molecule has 4 aliphatic carbocycles. The third kappa shape index (κ3) is 4.35. The average molecular weight is 417 g/mol. The van der Waals surface area contributed by atoms with E-state index < -0.39 is 0 Å². The first-order chi connectivity index (χ1) is 14.0. The highest BCUT2D eigenvalue weighted by Gasteiger charge is 2.53. The molecule has 1 atom stereocenters. The number of nitrogens with one attached hydrogen (secondary N) is 2. The number of rotatable bonds is 8. The summed E-state index contributed by atoms with van der Waals surface area (Å²) in [4.78, 5) is 0. The van der Waals surface area contributed by atoms with Gasteiger partial charge in [0, 0.05) is 12.6 Å². The Balaban J connectivity index is 1.30. The molecule has 29 heavy (non-hydrogen) atoms. The Bertz CT molecular complexity index is 700. The summed E-state index contributed by atoms with van der Waals surface area (Å²) in [5.41, 5.74) is 1.70. The Hall–Kier alpha value is -1.49. The zero-order chi connectivity index (χ0) is 20.4. The number of hydrogen-bond acceptors (Lipinski definition) is 3. The molecule has 5 rings (SSSR count). The van der Waals surface area contributed by atoms with E-state index in [1.807, 2.05) is 12.1 Å². The van der Waals surface area contributed by atoms with E-state index in [-0.39, 0.29) is 0 Å².